The van der Waals surface area contributed by atoms with E-state index in [1.54, 1.807) is 7.11 Å². The summed E-state index contributed by atoms with van der Waals surface area (Å²) in [7, 11) is 1.67. The van der Waals surface area contributed by atoms with Gasteiger partial charge in [0.15, 0.2) is 0 Å². The first-order valence-corrected chi connectivity index (χ1v) is 5.60. The molecule has 0 bridgehead atoms. The fourth-order valence-electron chi connectivity index (χ4n) is 1.55. The van der Waals surface area contributed by atoms with Gasteiger partial charge in [0.05, 0.1) is 7.11 Å². The van der Waals surface area contributed by atoms with Gasteiger partial charge in [-0.15, -0.1) is 11.6 Å². The summed E-state index contributed by atoms with van der Waals surface area (Å²) < 4.78 is 5.33. The molecule has 1 atom stereocenters. The Kier molecular flexibility index (Phi) is 4.43. The van der Waals surface area contributed by atoms with Gasteiger partial charge in [-0.3, -0.25) is 0 Å². The third-order valence-corrected chi connectivity index (χ3v) is 2.88. The lowest BCUT2D eigenvalue weighted by Gasteiger charge is -2.16. The molecule has 1 aromatic carbocycles. The Balaban J connectivity index is 3.09. The van der Waals surface area contributed by atoms with Gasteiger partial charge in [0.2, 0.25) is 0 Å². The lowest BCUT2D eigenvalue weighted by Crippen LogP contribution is -2.12. The Hall–Kier alpha value is -0.730. The fraction of sp³-hybridized carbons (Fsp3) is 0.500. The van der Waals surface area contributed by atoms with Gasteiger partial charge in [-0.25, -0.2) is 0 Å². The number of rotatable bonds is 4. The van der Waals surface area contributed by atoms with Gasteiger partial charge in [-0.2, -0.15) is 0 Å². The zero-order valence-corrected chi connectivity index (χ0v) is 10.3. The summed E-state index contributed by atoms with van der Waals surface area (Å²) in [5.41, 5.74) is 9.53. The molecule has 2 nitrogen and oxygen atoms in total. The van der Waals surface area contributed by atoms with Gasteiger partial charge in [0, 0.05) is 17.5 Å². The maximum absolute atomic E-state index is 6.04. The lowest BCUT2D eigenvalue weighted by atomic mass is 9.99. The molecular formula is C12H18ClNO. The van der Waals surface area contributed by atoms with E-state index in [0.717, 1.165) is 17.7 Å². The molecule has 0 saturated heterocycles. The SMILES string of the molecule is COc1cc(C)c(C)cc1C(N)CCCl. The highest BCUT2D eigenvalue weighted by atomic mass is 35.5. The van der Waals surface area contributed by atoms with E-state index in [1.165, 1.54) is 11.1 Å². The van der Waals surface area contributed by atoms with Crippen LogP contribution in [0.2, 0.25) is 0 Å². The number of methoxy groups -OCH3 is 1. The van der Waals surface area contributed by atoms with E-state index in [-0.39, 0.29) is 6.04 Å². The normalized spacial score (nSPS) is 12.6. The van der Waals surface area contributed by atoms with Crippen LogP contribution in [0.1, 0.15) is 29.2 Å². The van der Waals surface area contributed by atoms with Crippen molar-refractivity contribution in [3.05, 3.63) is 28.8 Å². The minimum absolute atomic E-state index is 0.0447. The smallest absolute Gasteiger partial charge is 0.123 e. The molecule has 0 aliphatic carbocycles. The molecule has 0 saturated carbocycles. The molecule has 0 radical (unpaired) electrons. The first-order chi connectivity index (χ1) is 7.10. The van der Waals surface area contributed by atoms with Gasteiger partial charge in [-0.05, 0) is 37.5 Å². The Morgan fingerprint density at radius 3 is 2.47 bits per heavy atom. The first kappa shape index (κ1) is 12.3. The third-order valence-electron chi connectivity index (χ3n) is 2.67. The molecule has 0 spiro atoms. The summed E-state index contributed by atoms with van der Waals surface area (Å²) in [5, 5.41) is 0. The van der Waals surface area contributed by atoms with Crippen LogP contribution in [0.25, 0.3) is 0 Å². The first-order valence-electron chi connectivity index (χ1n) is 5.06. The van der Waals surface area contributed by atoms with Crippen LogP contribution in [0.4, 0.5) is 0 Å². The Bertz CT molecular complexity index is 339. The standard InChI is InChI=1S/C12H18ClNO/c1-8-6-10(11(14)4-5-13)12(15-3)7-9(8)2/h6-7,11H,4-5,14H2,1-3H3. The highest BCUT2D eigenvalue weighted by molar-refractivity contribution is 6.17. The number of aryl methyl sites for hydroxylation is 2. The van der Waals surface area contributed by atoms with E-state index in [9.17, 15) is 0 Å². The van der Waals surface area contributed by atoms with Crippen molar-refractivity contribution in [2.24, 2.45) is 5.73 Å². The maximum atomic E-state index is 6.04. The Labute approximate surface area is 96.4 Å². The van der Waals surface area contributed by atoms with Crippen molar-refractivity contribution in [3.63, 3.8) is 0 Å². The lowest BCUT2D eigenvalue weighted by molar-refractivity contribution is 0.404. The van der Waals surface area contributed by atoms with E-state index >= 15 is 0 Å². The molecule has 0 aliphatic rings. The highest BCUT2D eigenvalue weighted by Gasteiger charge is 2.12. The Morgan fingerprint density at radius 1 is 1.33 bits per heavy atom. The van der Waals surface area contributed by atoms with Gasteiger partial charge >= 0.3 is 0 Å². The molecule has 0 heterocycles. The molecule has 1 aromatic rings. The number of hydrogen-bond donors (Lipinski definition) is 1. The minimum Gasteiger partial charge on any atom is -0.496 e. The van der Waals surface area contributed by atoms with Crippen LogP contribution in [0.15, 0.2) is 12.1 Å². The molecule has 15 heavy (non-hydrogen) atoms. The number of hydrogen-bond acceptors (Lipinski definition) is 2. The summed E-state index contributed by atoms with van der Waals surface area (Å²) in [5.74, 6) is 1.42. The summed E-state index contributed by atoms with van der Waals surface area (Å²) in [6.45, 7) is 4.14. The fourth-order valence-corrected chi connectivity index (χ4v) is 1.79. The predicted octanol–water partition coefficient (Wildman–Crippen LogP) is 2.94. The number of nitrogens with two attached hydrogens (primary N) is 1. The van der Waals surface area contributed by atoms with Crippen LogP contribution in [0, 0.1) is 13.8 Å². The zero-order chi connectivity index (χ0) is 11.4. The second-order valence-electron chi connectivity index (χ2n) is 3.76. The summed E-state index contributed by atoms with van der Waals surface area (Å²) in [4.78, 5) is 0. The molecule has 2 N–H and O–H groups in total. The van der Waals surface area contributed by atoms with E-state index in [1.807, 2.05) is 6.07 Å². The monoisotopic (exact) mass is 227 g/mol. The number of benzene rings is 1. The van der Waals surface area contributed by atoms with Gasteiger partial charge in [0.25, 0.3) is 0 Å². The van der Waals surface area contributed by atoms with Crippen molar-refractivity contribution in [2.75, 3.05) is 13.0 Å². The second kappa shape index (κ2) is 5.38. The number of halogens is 1. The molecular weight excluding hydrogens is 210 g/mol. The van der Waals surface area contributed by atoms with Crippen LogP contribution in [0.3, 0.4) is 0 Å². The van der Waals surface area contributed by atoms with Crippen molar-refractivity contribution in [2.45, 2.75) is 26.3 Å². The number of ether oxygens (including phenoxy) is 1. The summed E-state index contributed by atoms with van der Waals surface area (Å²) in [6.07, 6.45) is 0.764. The molecule has 0 fully saturated rings. The number of alkyl halides is 1. The van der Waals surface area contributed by atoms with E-state index < -0.39 is 0 Å². The topological polar surface area (TPSA) is 35.2 Å². The van der Waals surface area contributed by atoms with Crippen molar-refractivity contribution in [3.8, 4) is 5.75 Å². The van der Waals surface area contributed by atoms with Gasteiger partial charge in [-0.1, -0.05) is 6.07 Å². The largest absolute Gasteiger partial charge is 0.496 e. The van der Waals surface area contributed by atoms with E-state index in [0.29, 0.717) is 5.88 Å². The van der Waals surface area contributed by atoms with Crippen molar-refractivity contribution < 1.29 is 4.74 Å². The van der Waals surface area contributed by atoms with E-state index in [4.69, 9.17) is 22.1 Å². The second-order valence-corrected chi connectivity index (χ2v) is 4.14. The highest BCUT2D eigenvalue weighted by Crippen LogP contribution is 2.28. The summed E-state index contributed by atoms with van der Waals surface area (Å²) in [6, 6.07) is 4.07. The van der Waals surface area contributed by atoms with Crippen LogP contribution < -0.4 is 10.5 Å². The molecule has 0 aromatic heterocycles. The van der Waals surface area contributed by atoms with Crippen molar-refractivity contribution >= 4 is 11.6 Å². The maximum Gasteiger partial charge on any atom is 0.123 e. The molecule has 1 unspecified atom stereocenters. The van der Waals surface area contributed by atoms with Gasteiger partial charge < -0.3 is 10.5 Å². The minimum atomic E-state index is -0.0447. The average molecular weight is 228 g/mol. The van der Waals surface area contributed by atoms with Crippen molar-refractivity contribution in [1.82, 2.24) is 0 Å². The molecule has 3 heteroatoms. The molecule has 0 amide bonds. The molecule has 0 aliphatic heterocycles. The molecule has 84 valence electrons. The quantitative estimate of drug-likeness (QED) is 0.803. The van der Waals surface area contributed by atoms with E-state index in [2.05, 4.69) is 19.9 Å². The van der Waals surface area contributed by atoms with Crippen molar-refractivity contribution in [1.29, 1.82) is 0 Å². The molecule has 1 rings (SSSR count). The Morgan fingerprint density at radius 2 is 1.93 bits per heavy atom. The van der Waals surface area contributed by atoms with Crippen LogP contribution in [-0.4, -0.2) is 13.0 Å². The summed E-state index contributed by atoms with van der Waals surface area (Å²) >= 11 is 5.69. The average Bonchev–Trinajstić information content (AvgIpc) is 2.21. The zero-order valence-electron chi connectivity index (χ0n) is 9.51. The van der Waals surface area contributed by atoms with Gasteiger partial charge in [0.1, 0.15) is 5.75 Å². The van der Waals surface area contributed by atoms with Crippen LogP contribution in [-0.2, 0) is 0 Å². The predicted molar refractivity (Wildman–Crippen MR) is 64.7 cm³/mol. The van der Waals surface area contributed by atoms with Crippen LogP contribution >= 0.6 is 11.6 Å². The van der Waals surface area contributed by atoms with Crippen LogP contribution in [0.5, 0.6) is 5.75 Å². The third kappa shape index (κ3) is 2.86.